The molecule has 0 unspecified atom stereocenters. The minimum Gasteiger partial charge on any atom is -0.493 e. The third-order valence-corrected chi connectivity index (χ3v) is 5.51. The van der Waals surface area contributed by atoms with Gasteiger partial charge in [-0.3, -0.25) is 9.59 Å². The molecule has 2 aromatic heterocycles. The van der Waals surface area contributed by atoms with E-state index in [2.05, 4.69) is 26.0 Å². The summed E-state index contributed by atoms with van der Waals surface area (Å²) in [6.45, 7) is 1.32. The van der Waals surface area contributed by atoms with Crippen molar-refractivity contribution in [1.82, 2.24) is 14.6 Å². The van der Waals surface area contributed by atoms with Crippen LogP contribution in [0.15, 0.2) is 51.7 Å². The van der Waals surface area contributed by atoms with Crippen LogP contribution in [0, 0.1) is 0 Å². The smallest absolute Gasteiger partial charge is 0.308 e. The monoisotopic (exact) mass is 471 g/mol. The lowest BCUT2D eigenvalue weighted by atomic mass is 10.2. The summed E-state index contributed by atoms with van der Waals surface area (Å²) in [6, 6.07) is 12.6. The van der Waals surface area contributed by atoms with Gasteiger partial charge in [-0.25, -0.2) is 0 Å². The summed E-state index contributed by atoms with van der Waals surface area (Å²) >= 11 is 4.64. The van der Waals surface area contributed by atoms with Gasteiger partial charge in [-0.2, -0.15) is 9.50 Å². The van der Waals surface area contributed by atoms with Crippen LogP contribution in [0.3, 0.4) is 0 Å². The lowest BCUT2D eigenvalue weighted by molar-refractivity contribution is -0.132. The molecule has 0 amide bonds. The second kappa shape index (κ2) is 7.76. The van der Waals surface area contributed by atoms with E-state index in [0.29, 0.717) is 26.8 Å². The number of hydrogen-bond donors (Lipinski definition) is 0. The Morgan fingerprint density at radius 2 is 1.93 bits per heavy atom. The Balaban J connectivity index is 1.73. The predicted molar refractivity (Wildman–Crippen MR) is 113 cm³/mol. The van der Waals surface area contributed by atoms with Crippen molar-refractivity contribution in [3.8, 4) is 22.9 Å². The van der Waals surface area contributed by atoms with Gasteiger partial charge < -0.3 is 9.47 Å². The molecule has 29 heavy (non-hydrogen) atoms. The fraction of sp³-hybridized carbons (Fsp3) is 0.100. The summed E-state index contributed by atoms with van der Waals surface area (Å²) in [4.78, 5) is 28.9. The van der Waals surface area contributed by atoms with Crippen LogP contribution >= 0.6 is 27.3 Å². The summed E-state index contributed by atoms with van der Waals surface area (Å²) in [7, 11) is 1.48. The molecule has 4 rings (SSSR count). The van der Waals surface area contributed by atoms with Gasteiger partial charge in [-0.15, -0.1) is 5.10 Å². The van der Waals surface area contributed by atoms with Gasteiger partial charge in [0.2, 0.25) is 4.96 Å². The first kappa shape index (κ1) is 19.3. The van der Waals surface area contributed by atoms with Crippen LogP contribution in [0.4, 0.5) is 0 Å². The SMILES string of the molecule is COc1cc(/C=c2\sc3nc(-c4ccc(Br)cc4)nn3c2=O)ccc1OC(C)=O. The van der Waals surface area contributed by atoms with Crippen molar-refractivity contribution < 1.29 is 14.3 Å². The van der Waals surface area contributed by atoms with Crippen molar-refractivity contribution in [2.45, 2.75) is 6.92 Å². The summed E-state index contributed by atoms with van der Waals surface area (Å²) in [5, 5.41) is 4.34. The van der Waals surface area contributed by atoms with E-state index in [4.69, 9.17) is 9.47 Å². The quantitative estimate of drug-likeness (QED) is 0.336. The highest BCUT2D eigenvalue weighted by Crippen LogP contribution is 2.28. The molecule has 0 aliphatic carbocycles. The third kappa shape index (κ3) is 3.92. The molecule has 0 aliphatic rings. The maximum atomic E-state index is 12.7. The van der Waals surface area contributed by atoms with E-state index in [1.165, 1.54) is 29.9 Å². The first-order valence-electron chi connectivity index (χ1n) is 8.48. The fourth-order valence-corrected chi connectivity index (χ4v) is 3.89. The zero-order chi connectivity index (χ0) is 20.5. The number of aromatic nitrogens is 3. The highest BCUT2D eigenvalue weighted by molar-refractivity contribution is 9.10. The molecule has 0 saturated carbocycles. The minimum absolute atomic E-state index is 0.246. The first-order valence-corrected chi connectivity index (χ1v) is 10.1. The Hall–Kier alpha value is -3.04. The van der Waals surface area contributed by atoms with Crippen molar-refractivity contribution in [2.75, 3.05) is 7.11 Å². The number of esters is 1. The van der Waals surface area contributed by atoms with E-state index in [1.807, 2.05) is 24.3 Å². The van der Waals surface area contributed by atoms with E-state index in [-0.39, 0.29) is 5.56 Å². The highest BCUT2D eigenvalue weighted by atomic mass is 79.9. The topological polar surface area (TPSA) is 82.8 Å². The number of carbonyl (C=O) groups is 1. The van der Waals surface area contributed by atoms with Crippen molar-refractivity contribution in [1.29, 1.82) is 0 Å². The first-order chi connectivity index (χ1) is 13.9. The van der Waals surface area contributed by atoms with Crippen molar-refractivity contribution in [3.05, 3.63) is 67.4 Å². The third-order valence-electron chi connectivity index (χ3n) is 4.02. The molecule has 0 fully saturated rings. The average molecular weight is 472 g/mol. The van der Waals surface area contributed by atoms with Crippen LogP contribution in [-0.4, -0.2) is 27.7 Å². The van der Waals surface area contributed by atoms with E-state index in [0.717, 1.165) is 15.6 Å². The average Bonchev–Trinajstić information content (AvgIpc) is 3.23. The number of hydrogen-bond acceptors (Lipinski definition) is 7. The second-order valence-corrected chi connectivity index (χ2v) is 7.98. The molecule has 0 saturated heterocycles. The van der Waals surface area contributed by atoms with Crippen LogP contribution in [0.25, 0.3) is 22.4 Å². The number of methoxy groups -OCH3 is 1. The Morgan fingerprint density at radius 1 is 1.17 bits per heavy atom. The Bertz CT molecular complexity index is 1330. The predicted octanol–water partition coefficient (Wildman–Crippen LogP) is 3.06. The Labute approximate surface area is 177 Å². The molecule has 4 aromatic rings. The van der Waals surface area contributed by atoms with Crippen LogP contribution in [0.2, 0.25) is 0 Å². The van der Waals surface area contributed by atoms with Gasteiger partial charge in [0.25, 0.3) is 5.56 Å². The Kier molecular flexibility index (Phi) is 5.16. The number of thiazole rings is 1. The number of nitrogens with zero attached hydrogens (tertiary/aromatic N) is 3. The van der Waals surface area contributed by atoms with Gasteiger partial charge in [-0.05, 0) is 35.9 Å². The van der Waals surface area contributed by atoms with Gasteiger partial charge in [0.1, 0.15) is 0 Å². The van der Waals surface area contributed by atoms with Crippen molar-refractivity contribution in [2.24, 2.45) is 0 Å². The number of fused-ring (bicyclic) bond motifs is 1. The van der Waals surface area contributed by atoms with Gasteiger partial charge in [0, 0.05) is 17.0 Å². The van der Waals surface area contributed by atoms with Gasteiger partial charge in [0.15, 0.2) is 17.3 Å². The summed E-state index contributed by atoms with van der Waals surface area (Å²) in [5.41, 5.74) is 1.32. The largest absolute Gasteiger partial charge is 0.493 e. The number of carbonyl (C=O) groups excluding carboxylic acids is 1. The molecule has 7 nitrogen and oxygen atoms in total. The molecule has 0 bridgehead atoms. The van der Waals surface area contributed by atoms with E-state index in [1.54, 1.807) is 24.3 Å². The summed E-state index contributed by atoms with van der Waals surface area (Å²) in [6.07, 6.45) is 1.72. The van der Waals surface area contributed by atoms with Crippen LogP contribution in [0.5, 0.6) is 11.5 Å². The fourth-order valence-electron chi connectivity index (χ4n) is 2.72. The zero-order valence-electron chi connectivity index (χ0n) is 15.4. The number of rotatable bonds is 4. The number of benzene rings is 2. The lowest BCUT2D eigenvalue weighted by Gasteiger charge is -2.08. The molecular formula is C20H14BrN3O4S. The molecule has 0 aliphatic heterocycles. The van der Waals surface area contributed by atoms with Crippen molar-refractivity contribution >= 4 is 44.3 Å². The number of ether oxygens (including phenoxy) is 2. The molecule has 0 N–H and O–H groups in total. The van der Waals surface area contributed by atoms with E-state index in [9.17, 15) is 9.59 Å². The molecule has 0 atom stereocenters. The minimum atomic E-state index is -0.436. The van der Waals surface area contributed by atoms with E-state index < -0.39 is 5.97 Å². The Morgan fingerprint density at radius 3 is 2.59 bits per heavy atom. The lowest BCUT2D eigenvalue weighted by Crippen LogP contribution is -2.23. The molecule has 2 aromatic carbocycles. The van der Waals surface area contributed by atoms with Gasteiger partial charge >= 0.3 is 5.97 Å². The van der Waals surface area contributed by atoms with Crippen molar-refractivity contribution in [3.63, 3.8) is 0 Å². The van der Waals surface area contributed by atoms with Gasteiger partial charge in [-0.1, -0.05) is 45.5 Å². The van der Waals surface area contributed by atoms with Gasteiger partial charge in [0.05, 0.1) is 11.6 Å². The molecular weight excluding hydrogens is 458 g/mol. The zero-order valence-corrected chi connectivity index (χ0v) is 17.8. The van der Waals surface area contributed by atoms with Crippen LogP contribution in [0.1, 0.15) is 12.5 Å². The normalized spacial score (nSPS) is 11.8. The summed E-state index contributed by atoms with van der Waals surface area (Å²) in [5.74, 6) is 0.786. The molecule has 2 heterocycles. The standard InChI is InChI=1S/C20H14BrN3O4S/c1-11(25)28-15-8-3-12(9-16(15)27-2)10-17-19(26)24-20(29-17)22-18(23-24)13-4-6-14(21)7-5-13/h3-10H,1-2H3/b17-10-. The maximum absolute atomic E-state index is 12.7. The van der Waals surface area contributed by atoms with E-state index >= 15 is 0 Å². The molecule has 0 radical (unpaired) electrons. The molecule has 146 valence electrons. The van der Waals surface area contributed by atoms with Crippen LogP contribution < -0.4 is 19.6 Å². The molecule has 0 spiro atoms. The maximum Gasteiger partial charge on any atom is 0.308 e. The second-order valence-electron chi connectivity index (χ2n) is 6.06. The molecule has 9 heteroatoms. The number of halogens is 1. The van der Waals surface area contributed by atoms with Crippen LogP contribution in [-0.2, 0) is 4.79 Å². The highest BCUT2D eigenvalue weighted by Gasteiger charge is 2.13. The summed E-state index contributed by atoms with van der Waals surface area (Å²) < 4.78 is 13.1.